The van der Waals surface area contributed by atoms with Gasteiger partial charge in [0.15, 0.2) is 0 Å². The number of aromatic nitrogens is 1. The van der Waals surface area contributed by atoms with Crippen LogP contribution in [0.1, 0.15) is 40.4 Å². The van der Waals surface area contributed by atoms with E-state index >= 15 is 0 Å². The molecule has 0 aliphatic heterocycles. The molecule has 0 spiro atoms. The molecule has 31 heavy (non-hydrogen) atoms. The number of halogens is 3. The van der Waals surface area contributed by atoms with Gasteiger partial charge in [0, 0.05) is 17.0 Å². The summed E-state index contributed by atoms with van der Waals surface area (Å²) in [5.41, 5.74) is 0.150. The summed E-state index contributed by atoms with van der Waals surface area (Å²) in [5.74, 6) is -0.399. The summed E-state index contributed by atoms with van der Waals surface area (Å²) in [6.07, 6.45) is -1.87. The maximum Gasteiger partial charge on any atom is 0.416 e. The highest BCUT2D eigenvalue weighted by atomic mass is 32.2. The average molecular weight is 449 g/mol. The van der Waals surface area contributed by atoms with E-state index in [2.05, 4.69) is 15.0 Å². The number of hydrogen-bond donors (Lipinski definition) is 2. The van der Waals surface area contributed by atoms with Gasteiger partial charge in [-0.3, -0.25) is 14.5 Å². The van der Waals surface area contributed by atoms with E-state index in [1.807, 2.05) is 0 Å². The minimum absolute atomic E-state index is 0.162. The van der Waals surface area contributed by atoms with E-state index in [1.54, 1.807) is 30.3 Å². The number of nitrogens with one attached hydrogen (secondary N) is 2. The van der Waals surface area contributed by atoms with Crippen molar-refractivity contribution in [3.05, 3.63) is 65.4 Å². The third kappa shape index (κ3) is 4.79. The first-order valence-electron chi connectivity index (χ1n) is 9.41. The molecule has 6 nitrogen and oxygen atoms in total. The van der Waals surface area contributed by atoms with Crippen molar-refractivity contribution in [3.63, 3.8) is 0 Å². The van der Waals surface area contributed by atoms with Gasteiger partial charge in [0.2, 0.25) is 10.0 Å². The summed E-state index contributed by atoms with van der Waals surface area (Å²) < 4.78 is 65.0. The first-order chi connectivity index (χ1) is 14.5. The van der Waals surface area contributed by atoms with Crippen LogP contribution in [0.5, 0.6) is 0 Å². The van der Waals surface area contributed by atoms with Crippen LogP contribution in [0.2, 0.25) is 0 Å². The van der Waals surface area contributed by atoms with Gasteiger partial charge in [-0.25, -0.2) is 8.42 Å². The Morgan fingerprint density at radius 3 is 2.42 bits per heavy atom. The number of amides is 1. The molecule has 1 fully saturated rings. The van der Waals surface area contributed by atoms with Crippen LogP contribution in [0.4, 0.5) is 24.5 Å². The van der Waals surface area contributed by atoms with Gasteiger partial charge < -0.3 is 5.32 Å². The minimum atomic E-state index is -4.66. The second kappa shape index (κ2) is 7.52. The molecular weight excluding hydrogens is 431 g/mol. The lowest BCUT2D eigenvalue weighted by Gasteiger charge is -2.16. The predicted octanol–water partition coefficient (Wildman–Crippen LogP) is 4.75. The number of pyridine rings is 1. The van der Waals surface area contributed by atoms with Gasteiger partial charge in [-0.05, 0) is 43.2 Å². The van der Waals surface area contributed by atoms with E-state index in [4.69, 9.17) is 0 Å². The number of nitrogens with zero attached hydrogens (tertiary/aromatic N) is 1. The highest BCUT2D eigenvalue weighted by Crippen LogP contribution is 2.40. The predicted molar refractivity (Wildman–Crippen MR) is 112 cm³/mol. The van der Waals surface area contributed by atoms with Crippen LogP contribution in [0.3, 0.4) is 0 Å². The van der Waals surface area contributed by atoms with Gasteiger partial charge >= 0.3 is 6.18 Å². The van der Waals surface area contributed by atoms with Crippen LogP contribution in [0, 0.1) is 0 Å². The number of anilines is 2. The molecule has 0 saturated heterocycles. The number of carbonyl (C=O) groups is 1. The molecule has 0 atom stereocenters. The summed E-state index contributed by atoms with van der Waals surface area (Å²) in [6.45, 7) is 0. The topological polar surface area (TPSA) is 88.2 Å². The van der Waals surface area contributed by atoms with Gasteiger partial charge in [-0.15, -0.1) is 0 Å². The van der Waals surface area contributed by atoms with E-state index in [0.717, 1.165) is 36.9 Å². The fourth-order valence-corrected chi connectivity index (χ4v) is 3.85. The summed E-state index contributed by atoms with van der Waals surface area (Å²) in [6, 6.07) is 11.1. The number of benzene rings is 2. The Balaban J connectivity index is 1.77. The van der Waals surface area contributed by atoms with E-state index in [1.165, 1.54) is 0 Å². The molecule has 2 N–H and O–H groups in total. The second-order valence-corrected chi connectivity index (χ2v) is 9.22. The SMILES string of the molecule is CS(=O)(=O)Nc1ccc(C(F)(F)F)cc1NC(=O)c1cc(C2CC2)nc2ccccc12. The highest BCUT2D eigenvalue weighted by molar-refractivity contribution is 7.92. The number of para-hydroxylation sites is 1. The smallest absolute Gasteiger partial charge is 0.320 e. The third-order valence-electron chi connectivity index (χ3n) is 4.87. The molecule has 10 heteroatoms. The molecule has 162 valence electrons. The summed E-state index contributed by atoms with van der Waals surface area (Å²) >= 11 is 0. The van der Waals surface area contributed by atoms with Crippen LogP contribution in [-0.2, 0) is 16.2 Å². The molecule has 1 aliphatic carbocycles. The van der Waals surface area contributed by atoms with Crippen molar-refractivity contribution in [2.45, 2.75) is 24.9 Å². The maximum absolute atomic E-state index is 13.2. The maximum atomic E-state index is 13.2. The molecule has 1 saturated carbocycles. The zero-order valence-electron chi connectivity index (χ0n) is 16.3. The fourth-order valence-electron chi connectivity index (χ4n) is 3.27. The highest BCUT2D eigenvalue weighted by Gasteiger charge is 2.32. The Morgan fingerprint density at radius 1 is 1.06 bits per heavy atom. The summed E-state index contributed by atoms with van der Waals surface area (Å²) in [4.78, 5) is 17.7. The number of hydrogen-bond acceptors (Lipinski definition) is 4. The van der Waals surface area contributed by atoms with Crippen molar-refractivity contribution >= 4 is 38.2 Å². The van der Waals surface area contributed by atoms with Crippen molar-refractivity contribution in [3.8, 4) is 0 Å². The standard InChI is InChI=1S/C21H18F3N3O3S/c1-31(29,30)27-17-9-8-13(21(22,23)24)10-19(17)26-20(28)15-11-18(12-6-7-12)25-16-5-3-2-4-14(15)16/h2-5,8-12,27H,6-7H2,1H3,(H,26,28). The van der Waals surface area contributed by atoms with E-state index in [9.17, 15) is 26.4 Å². The van der Waals surface area contributed by atoms with Crippen LogP contribution >= 0.6 is 0 Å². The Bertz CT molecular complexity index is 1290. The molecule has 3 aromatic rings. The number of sulfonamides is 1. The molecule has 1 heterocycles. The van der Waals surface area contributed by atoms with Crippen molar-refractivity contribution in [2.75, 3.05) is 16.3 Å². The molecule has 0 radical (unpaired) electrons. The van der Waals surface area contributed by atoms with Gasteiger partial charge in [0.05, 0.1) is 34.3 Å². The van der Waals surface area contributed by atoms with Crippen molar-refractivity contribution in [1.29, 1.82) is 0 Å². The van der Waals surface area contributed by atoms with Gasteiger partial charge in [0.1, 0.15) is 0 Å². The quantitative estimate of drug-likeness (QED) is 0.588. The van der Waals surface area contributed by atoms with Gasteiger partial charge in [-0.1, -0.05) is 18.2 Å². The molecule has 1 aliphatic rings. The average Bonchev–Trinajstić information content (AvgIpc) is 3.51. The van der Waals surface area contributed by atoms with Gasteiger partial charge in [-0.2, -0.15) is 13.2 Å². The number of fused-ring (bicyclic) bond motifs is 1. The Kier molecular flexibility index (Phi) is 5.12. The number of alkyl halides is 3. The van der Waals surface area contributed by atoms with E-state index in [0.29, 0.717) is 17.0 Å². The lowest BCUT2D eigenvalue weighted by Crippen LogP contribution is -2.18. The molecular formula is C21H18F3N3O3S. The van der Waals surface area contributed by atoms with Crippen LogP contribution < -0.4 is 10.0 Å². The molecule has 4 rings (SSSR count). The zero-order chi connectivity index (χ0) is 22.4. The third-order valence-corrected chi connectivity index (χ3v) is 5.46. The van der Waals surface area contributed by atoms with Crippen LogP contribution in [-0.4, -0.2) is 25.6 Å². The molecule has 0 bridgehead atoms. The second-order valence-electron chi connectivity index (χ2n) is 7.47. The number of rotatable bonds is 5. The van der Waals surface area contributed by atoms with Crippen molar-refractivity contribution in [2.24, 2.45) is 0 Å². The summed E-state index contributed by atoms with van der Waals surface area (Å²) in [7, 11) is -3.79. The monoisotopic (exact) mass is 449 g/mol. The van der Waals surface area contributed by atoms with Crippen molar-refractivity contribution < 1.29 is 26.4 Å². The summed E-state index contributed by atoms with van der Waals surface area (Å²) in [5, 5.41) is 3.00. The van der Waals surface area contributed by atoms with E-state index < -0.39 is 27.7 Å². The van der Waals surface area contributed by atoms with Crippen molar-refractivity contribution in [1.82, 2.24) is 4.98 Å². The zero-order valence-corrected chi connectivity index (χ0v) is 17.1. The molecule has 2 aromatic carbocycles. The molecule has 0 unspecified atom stereocenters. The lowest BCUT2D eigenvalue weighted by molar-refractivity contribution is -0.137. The minimum Gasteiger partial charge on any atom is -0.320 e. The van der Waals surface area contributed by atoms with E-state index in [-0.39, 0.29) is 22.9 Å². The normalized spacial score (nSPS) is 14.5. The van der Waals surface area contributed by atoms with Crippen LogP contribution in [0.25, 0.3) is 10.9 Å². The number of carbonyl (C=O) groups excluding carboxylic acids is 1. The lowest BCUT2D eigenvalue weighted by atomic mass is 10.0. The molecule has 1 amide bonds. The molecule has 1 aromatic heterocycles. The first kappa shape index (κ1) is 21.1. The fraction of sp³-hybridized carbons (Fsp3) is 0.238. The first-order valence-corrected chi connectivity index (χ1v) is 11.3. The Hall–Kier alpha value is -3.14. The largest absolute Gasteiger partial charge is 0.416 e. The van der Waals surface area contributed by atoms with Crippen LogP contribution in [0.15, 0.2) is 48.5 Å². The Labute approximate surface area is 176 Å². The van der Waals surface area contributed by atoms with Gasteiger partial charge in [0.25, 0.3) is 5.91 Å². The Morgan fingerprint density at radius 2 is 1.77 bits per heavy atom.